The van der Waals surface area contributed by atoms with E-state index in [2.05, 4.69) is 17.4 Å². The van der Waals surface area contributed by atoms with Gasteiger partial charge in [-0.2, -0.15) is 11.8 Å². The minimum absolute atomic E-state index is 0. The Labute approximate surface area is 101 Å². The van der Waals surface area contributed by atoms with Gasteiger partial charge in [0.15, 0.2) is 0 Å². The lowest BCUT2D eigenvalue weighted by Gasteiger charge is -2.23. The number of methoxy groups -OCH3 is 1. The van der Waals surface area contributed by atoms with E-state index in [1.165, 1.54) is 17.1 Å². The first-order valence-corrected chi connectivity index (χ1v) is 6.00. The van der Waals surface area contributed by atoms with Gasteiger partial charge >= 0.3 is 0 Å². The molecule has 1 fully saturated rings. The maximum absolute atomic E-state index is 5.13. The van der Waals surface area contributed by atoms with E-state index in [0.717, 1.165) is 12.3 Å². The van der Waals surface area contributed by atoms with Gasteiger partial charge in [0.05, 0.1) is 7.11 Å². The topological polar surface area (TPSA) is 21.3 Å². The standard InChI is InChI=1S/C11H15NOS.ClH/c1-13-10-4-2-9(3-5-10)11-8-14-7-6-12-11;/h2-5,11-12H,6-8H2,1H3;1H. The predicted molar refractivity (Wildman–Crippen MR) is 68.3 cm³/mol. The van der Waals surface area contributed by atoms with E-state index in [4.69, 9.17) is 4.74 Å². The maximum Gasteiger partial charge on any atom is 0.118 e. The molecule has 15 heavy (non-hydrogen) atoms. The third-order valence-corrected chi connectivity index (χ3v) is 3.50. The average molecular weight is 246 g/mol. The maximum atomic E-state index is 5.13. The van der Waals surface area contributed by atoms with Gasteiger partial charge in [-0.3, -0.25) is 0 Å². The number of benzene rings is 1. The molecule has 1 unspecified atom stereocenters. The number of thioether (sulfide) groups is 1. The number of halogens is 1. The molecule has 1 aromatic rings. The molecular weight excluding hydrogens is 230 g/mol. The minimum atomic E-state index is 0. The lowest BCUT2D eigenvalue weighted by molar-refractivity contribution is 0.414. The van der Waals surface area contributed by atoms with Gasteiger partial charge < -0.3 is 10.1 Å². The average Bonchev–Trinajstić information content (AvgIpc) is 2.30. The molecule has 0 aromatic heterocycles. The SMILES string of the molecule is COc1ccc(C2CSCCN2)cc1.Cl. The van der Waals surface area contributed by atoms with Crippen molar-refractivity contribution >= 4 is 24.2 Å². The molecule has 0 amide bonds. The minimum Gasteiger partial charge on any atom is -0.497 e. The molecule has 1 heterocycles. The van der Waals surface area contributed by atoms with Crippen LogP contribution in [0.15, 0.2) is 24.3 Å². The van der Waals surface area contributed by atoms with Crippen LogP contribution in [0.3, 0.4) is 0 Å². The summed E-state index contributed by atoms with van der Waals surface area (Å²) < 4.78 is 5.13. The Kier molecular flexibility index (Phi) is 5.29. The molecular formula is C11H16ClNOS. The van der Waals surface area contributed by atoms with E-state index < -0.39 is 0 Å². The third-order valence-electron chi connectivity index (χ3n) is 2.44. The summed E-state index contributed by atoms with van der Waals surface area (Å²) >= 11 is 2.01. The molecule has 1 N–H and O–H groups in total. The Hall–Kier alpha value is -0.380. The zero-order chi connectivity index (χ0) is 9.80. The second-order valence-electron chi connectivity index (χ2n) is 3.35. The normalized spacial score (nSPS) is 20.5. The zero-order valence-corrected chi connectivity index (χ0v) is 10.4. The molecule has 0 saturated carbocycles. The van der Waals surface area contributed by atoms with E-state index in [0.29, 0.717) is 6.04 Å². The first-order valence-electron chi connectivity index (χ1n) is 4.85. The van der Waals surface area contributed by atoms with E-state index in [1.807, 2.05) is 23.9 Å². The number of hydrogen-bond donors (Lipinski definition) is 1. The van der Waals surface area contributed by atoms with E-state index in [9.17, 15) is 0 Å². The largest absolute Gasteiger partial charge is 0.497 e. The summed E-state index contributed by atoms with van der Waals surface area (Å²) in [6.45, 7) is 1.11. The molecule has 2 rings (SSSR count). The molecule has 0 aliphatic carbocycles. The van der Waals surface area contributed by atoms with Crippen molar-refractivity contribution in [2.24, 2.45) is 0 Å². The fraction of sp³-hybridized carbons (Fsp3) is 0.455. The van der Waals surface area contributed by atoms with Crippen molar-refractivity contribution in [3.05, 3.63) is 29.8 Å². The second kappa shape index (κ2) is 6.26. The van der Waals surface area contributed by atoms with Crippen LogP contribution in [-0.4, -0.2) is 25.2 Å². The number of hydrogen-bond acceptors (Lipinski definition) is 3. The van der Waals surface area contributed by atoms with Crippen molar-refractivity contribution in [3.8, 4) is 5.75 Å². The zero-order valence-electron chi connectivity index (χ0n) is 8.73. The summed E-state index contributed by atoms with van der Waals surface area (Å²) in [6, 6.07) is 8.84. The fourth-order valence-electron chi connectivity index (χ4n) is 1.62. The Bertz CT molecular complexity index is 285. The summed E-state index contributed by atoms with van der Waals surface area (Å²) in [4.78, 5) is 0. The third kappa shape index (κ3) is 3.30. The molecule has 0 radical (unpaired) electrons. The van der Waals surface area contributed by atoms with Crippen molar-refractivity contribution in [1.82, 2.24) is 5.32 Å². The molecule has 0 bridgehead atoms. The predicted octanol–water partition coefficient (Wildman–Crippen LogP) is 2.49. The van der Waals surface area contributed by atoms with Crippen LogP contribution in [0.25, 0.3) is 0 Å². The van der Waals surface area contributed by atoms with Crippen LogP contribution in [0.2, 0.25) is 0 Å². The molecule has 2 nitrogen and oxygen atoms in total. The summed E-state index contributed by atoms with van der Waals surface area (Å²) in [5, 5.41) is 3.51. The summed E-state index contributed by atoms with van der Waals surface area (Å²) in [5.41, 5.74) is 1.36. The fourth-order valence-corrected chi connectivity index (χ4v) is 2.59. The molecule has 1 saturated heterocycles. The van der Waals surface area contributed by atoms with Crippen LogP contribution in [0, 0.1) is 0 Å². The molecule has 0 spiro atoms. The smallest absolute Gasteiger partial charge is 0.118 e. The van der Waals surface area contributed by atoms with Gasteiger partial charge in [0.1, 0.15) is 5.75 Å². The molecule has 4 heteroatoms. The Morgan fingerprint density at radius 1 is 1.33 bits per heavy atom. The lowest BCUT2D eigenvalue weighted by atomic mass is 10.1. The van der Waals surface area contributed by atoms with Crippen molar-refractivity contribution < 1.29 is 4.74 Å². The van der Waals surface area contributed by atoms with E-state index in [1.54, 1.807) is 7.11 Å². The van der Waals surface area contributed by atoms with Crippen LogP contribution in [0.4, 0.5) is 0 Å². The monoisotopic (exact) mass is 245 g/mol. The van der Waals surface area contributed by atoms with Crippen molar-refractivity contribution in [3.63, 3.8) is 0 Å². The summed E-state index contributed by atoms with van der Waals surface area (Å²) in [6.07, 6.45) is 0. The Morgan fingerprint density at radius 3 is 2.60 bits per heavy atom. The Morgan fingerprint density at radius 2 is 2.07 bits per heavy atom. The molecule has 1 aromatic carbocycles. The number of nitrogens with one attached hydrogen (secondary N) is 1. The highest BCUT2D eigenvalue weighted by molar-refractivity contribution is 7.99. The molecule has 1 aliphatic rings. The molecule has 84 valence electrons. The summed E-state index contributed by atoms with van der Waals surface area (Å²) in [5.74, 6) is 3.33. The first-order chi connectivity index (χ1) is 6.90. The van der Waals surface area contributed by atoms with Gasteiger partial charge in [-0.25, -0.2) is 0 Å². The van der Waals surface area contributed by atoms with Crippen LogP contribution in [0.1, 0.15) is 11.6 Å². The molecule has 1 aliphatic heterocycles. The van der Waals surface area contributed by atoms with Crippen molar-refractivity contribution in [2.45, 2.75) is 6.04 Å². The van der Waals surface area contributed by atoms with Gasteiger partial charge in [0.25, 0.3) is 0 Å². The number of ether oxygens (including phenoxy) is 1. The van der Waals surface area contributed by atoms with Crippen molar-refractivity contribution in [2.75, 3.05) is 25.2 Å². The van der Waals surface area contributed by atoms with Crippen LogP contribution >= 0.6 is 24.2 Å². The van der Waals surface area contributed by atoms with Gasteiger partial charge in [0, 0.05) is 24.1 Å². The van der Waals surface area contributed by atoms with Crippen LogP contribution in [0.5, 0.6) is 5.75 Å². The van der Waals surface area contributed by atoms with Gasteiger partial charge in [0.2, 0.25) is 0 Å². The lowest BCUT2D eigenvalue weighted by Crippen LogP contribution is -2.30. The molecule has 1 atom stereocenters. The van der Waals surface area contributed by atoms with Crippen LogP contribution < -0.4 is 10.1 Å². The van der Waals surface area contributed by atoms with Gasteiger partial charge in [-0.1, -0.05) is 12.1 Å². The van der Waals surface area contributed by atoms with E-state index in [-0.39, 0.29) is 12.4 Å². The highest BCUT2D eigenvalue weighted by atomic mass is 35.5. The highest BCUT2D eigenvalue weighted by Crippen LogP contribution is 2.23. The van der Waals surface area contributed by atoms with E-state index >= 15 is 0 Å². The summed E-state index contributed by atoms with van der Waals surface area (Å²) in [7, 11) is 1.70. The van der Waals surface area contributed by atoms with Crippen molar-refractivity contribution in [1.29, 1.82) is 0 Å². The first kappa shape index (κ1) is 12.7. The van der Waals surface area contributed by atoms with Gasteiger partial charge in [-0.15, -0.1) is 12.4 Å². The Balaban J connectivity index is 0.00000112. The second-order valence-corrected chi connectivity index (χ2v) is 4.50. The highest BCUT2D eigenvalue weighted by Gasteiger charge is 2.14. The van der Waals surface area contributed by atoms with Gasteiger partial charge in [-0.05, 0) is 17.7 Å². The van der Waals surface area contributed by atoms with Crippen LogP contribution in [-0.2, 0) is 0 Å². The quantitative estimate of drug-likeness (QED) is 0.865. The number of rotatable bonds is 2.